The summed E-state index contributed by atoms with van der Waals surface area (Å²) in [6, 6.07) is 5.03. The lowest BCUT2D eigenvalue weighted by molar-refractivity contribution is 0.0465. The Labute approximate surface area is 226 Å². The number of nitrogens with zero attached hydrogens (tertiary/aromatic N) is 4. The summed E-state index contributed by atoms with van der Waals surface area (Å²) >= 11 is 0. The van der Waals surface area contributed by atoms with Gasteiger partial charge in [-0.1, -0.05) is 6.07 Å². The molecule has 4 aromatic rings. The highest BCUT2D eigenvalue weighted by molar-refractivity contribution is 6.12. The van der Waals surface area contributed by atoms with Crippen molar-refractivity contribution in [2.45, 2.75) is 84.4 Å². The average molecular weight is 535 g/mol. The average Bonchev–Trinajstić information content (AvgIpc) is 3.53. The number of rotatable bonds is 5. The molecule has 2 atom stereocenters. The molecule has 0 aliphatic heterocycles. The van der Waals surface area contributed by atoms with Crippen LogP contribution in [-0.4, -0.2) is 42.3 Å². The number of benzene rings is 1. The van der Waals surface area contributed by atoms with Crippen molar-refractivity contribution < 1.29 is 18.7 Å². The van der Waals surface area contributed by atoms with E-state index in [0.29, 0.717) is 29.0 Å². The number of pyridine rings is 1. The molecule has 39 heavy (non-hydrogen) atoms. The third-order valence-corrected chi connectivity index (χ3v) is 7.19. The van der Waals surface area contributed by atoms with Gasteiger partial charge in [0.2, 0.25) is 0 Å². The summed E-state index contributed by atoms with van der Waals surface area (Å²) in [5.74, 6) is -0.702. The van der Waals surface area contributed by atoms with Gasteiger partial charge >= 0.3 is 6.09 Å². The number of hydrogen-bond donors (Lipinski definition) is 2. The number of carbonyl (C=O) groups excluding carboxylic acids is 2. The van der Waals surface area contributed by atoms with Crippen LogP contribution in [0.5, 0.6) is 0 Å². The van der Waals surface area contributed by atoms with Crippen molar-refractivity contribution >= 4 is 34.2 Å². The quantitative estimate of drug-likeness (QED) is 0.329. The van der Waals surface area contributed by atoms with Crippen molar-refractivity contribution in [1.29, 1.82) is 0 Å². The van der Waals surface area contributed by atoms with Gasteiger partial charge in [0, 0.05) is 42.1 Å². The summed E-state index contributed by atoms with van der Waals surface area (Å²) in [5, 5.41) is 11.5. The van der Waals surface area contributed by atoms with E-state index in [1.165, 1.54) is 6.07 Å². The zero-order chi connectivity index (χ0) is 28.1. The molecule has 3 heterocycles. The fourth-order valence-electron chi connectivity index (χ4n) is 5.49. The maximum Gasteiger partial charge on any atom is 0.408 e. The number of anilines is 1. The van der Waals surface area contributed by atoms with E-state index in [1.807, 2.05) is 51.6 Å². The number of nitrogens with one attached hydrogen (secondary N) is 2. The van der Waals surface area contributed by atoms with Crippen molar-refractivity contribution in [2.75, 3.05) is 5.32 Å². The molecule has 1 saturated carbocycles. The molecule has 0 bridgehead atoms. The second-order valence-electron chi connectivity index (χ2n) is 11.7. The number of amides is 2. The van der Waals surface area contributed by atoms with Gasteiger partial charge in [0.15, 0.2) is 11.5 Å². The largest absolute Gasteiger partial charge is 0.444 e. The molecule has 3 aromatic heterocycles. The first kappa shape index (κ1) is 26.6. The summed E-state index contributed by atoms with van der Waals surface area (Å²) < 4.78 is 23.4. The molecule has 1 aliphatic carbocycles. The first-order valence-corrected chi connectivity index (χ1v) is 13.3. The van der Waals surface area contributed by atoms with Crippen molar-refractivity contribution in [3.8, 4) is 0 Å². The highest BCUT2D eigenvalue weighted by atomic mass is 19.1. The molecular weight excluding hydrogens is 499 g/mol. The lowest BCUT2D eigenvalue weighted by Crippen LogP contribution is -2.46. The van der Waals surface area contributed by atoms with Gasteiger partial charge in [-0.3, -0.25) is 9.48 Å². The SMILES string of the molecule is CCn1cc2c(C3CCC(C)(NC(=O)OC(C)(C)C)C3)ccc(C(=O)Nc3cc(F)c4nc(C)cn4c3)c2n1. The van der Waals surface area contributed by atoms with Crippen molar-refractivity contribution in [1.82, 2.24) is 24.5 Å². The van der Waals surface area contributed by atoms with E-state index in [2.05, 4.69) is 15.6 Å². The zero-order valence-electron chi connectivity index (χ0n) is 23.3. The van der Waals surface area contributed by atoms with Crippen LogP contribution in [-0.2, 0) is 11.3 Å². The minimum absolute atomic E-state index is 0.181. The molecule has 2 N–H and O–H groups in total. The second kappa shape index (κ2) is 9.66. The van der Waals surface area contributed by atoms with Gasteiger partial charge in [-0.15, -0.1) is 0 Å². The van der Waals surface area contributed by atoms with Crippen LogP contribution < -0.4 is 10.6 Å². The summed E-state index contributed by atoms with van der Waals surface area (Å²) in [6.07, 6.45) is 7.34. The third-order valence-electron chi connectivity index (χ3n) is 7.19. The van der Waals surface area contributed by atoms with Gasteiger partial charge < -0.3 is 19.8 Å². The first-order valence-electron chi connectivity index (χ1n) is 13.3. The number of fused-ring (bicyclic) bond motifs is 2. The third kappa shape index (κ3) is 5.46. The molecular formula is C29H35FN6O3. The molecule has 9 nitrogen and oxygen atoms in total. The van der Waals surface area contributed by atoms with E-state index < -0.39 is 23.1 Å². The monoisotopic (exact) mass is 534 g/mol. The van der Waals surface area contributed by atoms with Crippen LogP contribution in [0, 0.1) is 12.7 Å². The molecule has 1 fully saturated rings. The number of halogens is 1. The van der Waals surface area contributed by atoms with Crippen LogP contribution >= 0.6 is 0 Å². The second-order valence-corrected chi connectivity index (χ2v) is 11.7. The molecule has 0 saturated heterocycles. The Balaban J connectivity index is 1.41. The Morgan fingerprint density at radius 3 is 2.72 bits per heavy atom. The van der Waals surface area contributed by atoms with Crippen LogP contribution in [0.2, 0.25) is 0 Å². The molecule has 10 heteroatoms. The van der Waals surface area contributed by atoms with Gasteiger partial charge in [0.05, 0.1) is 16.9 Å². The summed E-state index contributed by atoms with van der Waals surface area (Å²) in [6.45, 7) is 12.0. The number of imidazole rings is 1. The van der Waals surface area contributed by atoms with Crippen LogP contribution in [0.4, 0.5) is 14.9 Å². The molecule has 206 valence electrons. The number of aryl methyl sites for hydroxylation is 2. The van der Waals surface area contributed by atoms with Gasteiger partial charge in [0.25, 0.3) is 5.91 Å². The fourth-order valence-corrected chi connectivity index (χ4v) is 5.49. The minimum atomic E-state index is -0.565. The van der Waals surface area contributed by atoms with E-state index in [0.717, 1.165) is 30.2 Å². The maximum absolute atomic E-state index is 14.6. The first-order chi connectivity index (χ1) is 18.3. The Bertz CT molecular complexity index is 1580. The predicted molar refractivity (Wildman–Crippen MR) is 148 cm³/mol. The number of hydrogen-bond acceptors (Lipinski definition) is 5. The normalized spacial score (nSPS) is 19.5. The number of ether oxygens (including phenoxy) is 1. The lowest BCUT2D eigenvalue weighted by Gasteiger charge is -2.28. The molecule has 5 rings (SSSR count). The Morgan fingerprint density at radius 1 is 1.23 bits per heavy atom. The van der Waals surface area contributed by atoms with Crippen molar-refractivity contribution in [3.05, 3.63) is 59.4 Å². The minimum Gasteiger partial charge on any atom is -0.444 e. The van der Waals surface area contributed by atoms with Gasteiger partial charge in [0.1, 0.15) is 11.1 Å². The van der Waals surface area contributed by atoms with E-state index in [9.17, 15) is 14.0 Å². The molecule has 0 spiro atoms. The number of carbonyl (C=O) groups is 2. The summed E-state index contributed by atoms with van der Waals surface area (Å²) in [4.78, 5) is 30.0. The molecule has 0 radical (unpaired) electrons. The highest BCUT2D eigenvalue weighted by Gasteiger charge is 2.39. The van der Waals surface area contributed by atoms with Crippen LogP contribution in [0.3, 0.4) is 0 Å². The Morgan fingerprint density at radius 2 is 2.00 bits per heavy atom. The predicted octanol–water partition coefficient (Wildman–Crippen LogP) is 5.95. The Kier molecular flexibility index (Phi) is 6.60. The van der Waals surface area contributed by atoms with E-state index in [4.69, 9.17) is 9.84 Å². The molecule has 1 aromatic carbocycles. The summed E-state index contributed by atoms with van der Waals surface area (Å²) in [7, 11) is 0. The van der Waals surface area contributed by atoms with Crippen LogP contribution in [0.25, 0.3) is 16.6 Å². The molecule has 1 aliphatic rings. The number of aromatic nitrogens is 4. The smallest absolute Gasteiger partial charge is 0.408 e. The summed E-state index contributed by atoms with van der Waals surface area (Å²) in [5.41, 5.74) is 2.37. The van der Waals surface area contributed by atoms with E-state index >= 15 is 0 Å². The Hall–Kier alpha value is -3.95. The van der Waals surface area contributed by atoms with E-state index in [1.54, 1.807) is 29.8 Å². The molecule has 2 unspecified atom stereocenters. The zero-order valence-corrected chi connectivity index (χ0v) is 23.3. The standard InChI is InChI=1S/C29H35FN6O3/c1-7-36-16-22-20(18-10-11-29(6,13-18)33-27(38)39-28(3,4)5)8-9-21(24(22)34-36)26(37)32-19-12-23(30)25-31-17(2)14-35(25)15-19/h8-9,12,14-16,18H,7,10-11,13H2,1-6H3,(H,32,37)(H,33,38). The van der Waals surface area contributed by atoms with Crippen LogP contribution in [0.15, 0.2) is 36.8 Å². The fraction of sp³-hybridized carbons (Fsp3) is 0.448. The highest BCUT2D eigenvalue weighted by Crippen LogP contribution is 2.43. The van der Waals surface area contributed by atoms with Crippen molar-refractivity contribution in [3.63, 3.8) is 0 Å². The number of alkyl carbamates (subject to hydrolysis) is 1. The maximum atomic E-state index is 14.6. The van der Waals surface area contributed by atoms with Gasteiger partial charge in [-0.25, -0.2) is 14.2 Å². The molecule has 2 amide bonds. The topological polar surface area (TPSA) is 103 Å². The van der Waals surface area contributed by atoms with Crippen LogP contribution in [0.1, 0.15) is 81.4 Å². The van der Waals surface area contributed by atoms with Gasteiger partial charge in [-0.2, -0.15) is 5.10 Å². The van der Waals surface area contributed by atoms with Gasteiger partial charge in [-0.05, 0) is 78.4 Å². The lowest BCUT2D eigenvalue weighted by atomic mass is 9.90. The van der Waals surface area contributed by atoms with E-state index in [-0.39, 0.29) is 17.5 Å². The van der Waals surface area contributed by atoms with Crippen molar-refractivity contribution in [2.24, 2.45) is 0 Å².